The predicted octanol–water partition coefficient (Wildman–Crippen LogP) is 10.5. The molecule has 0 atom stereocenters. The number of nitrogens with zero attached hydrogens (tertiary/aromatic N) is 2. The monoisotopic (exact) mass is 508 g/mol. The molecular weight excluding hydrogens is 444 g/mol. The fraction of sp³-hybridized carbons (Fsp3) is 0.625. The molecule has 2 nitrogen and oxygen atoms in total. The lowest BCUT2D eigenvalue weighted by atomic mass is 10.2. The van der Waals surface area contributed by atoms with Crippen molar-refractivity contribution in [3.8, 4) is 0 Å². The van der Waals surface area contributed by atoms with Gasteiger partial charge in [0.1, 0.15) is 0 Å². The second kappa shape index (κ2) is 27.0. The van der Waals surface area contributed by atoms with Gasteiger partial charge in [0.25, 0.3) is 0 Å². The van der Waals surface area contributed by atoms with Gasteiger partial charge >= 0.3 is 0 Å². The van der Waals surface area contributed by atoms with Gasteiger partial charge in [0.05, 0.1) is 0 Å². The third-order valence-electron chi connectivity index (χ3n) is 5.81. The van der Waals surface area contributed by atoms with Crippen molar-refractivity contribution in [3.63, 3.8) is 0 Å². The largest absolute Gasteiger partial charge is 0.376 e. The molecule has 0 heterocycles. The Hall–Kier alpha value is -1.61. The maximum Gasteiger partial charge on any atom is 0.0146 e. The van der Waals surface area contributed by atoms with E-state index in [2.05, 4.69) is 115 Å². The van der Waals surface area contributed by atoms with Crippen LogP contribution in [0.4, 0.5) is 0 Å². The minimum Gasteiger partial charge on any atom is -0.376 e. The lowest BCUT2D eigenvalue weighted by molar-refractivity contribution is 0.370. The molecule has 0 N–H and O–H groups in total. The van der Waals surface area contributed by atoms with Crippen LogP contribution in [0.3, 0.4) is 0 Å². The van der Waals surface area contributed by atoms with Crippen LogP contribution in [0.5, 0.6) is 0 Å². The first-order chi connectivity index (χ1) is 16.6. The molecule has 0 aliphatic rings. The fourth-order valence-corrected chi connectivity index (χ4v) is 4.64. The van der Waals surface area contributed by atoms with Gasteiger partial charge < -0.3 is 9.80 Å². The Balaban J connectivity index is -0.000000287. The zero-order valence-electron chi connectivity index (χ0n) is 26.4. The molecule has 35 heavy (non-hydrogen) atoms. The highest BCUT2D eigenvalue weighted by Gasteiger charge is 2.15. The van der Waals surface area contributed by atoms with Crippen molar-refractivity contribution in [1.82, 2.24) is 9.80 Å². The van der Waals surface area contributed by atoms with Crippen LogP contribution < -0.4 is 0 Å². The molecule has 0 fully saturated rings. The van der Waals surface area contributed by atoms with Gasteiger partial charge in [-0.2, -0.15) is 10.0 Å². The predicted molar refractivity (Wildman–Crippen MR) is 173 cm³/mol. The van der Waals surface area contributed by atoms with Crippen molar-refractivity contribution >= 4 is 10.0 Å². The summed E-state index contributed by atoms with van der Waals surface area (Å²) >= 11 is 0. The van der Waals surface area contributed by atoms with E-state index in [1.165, 1.54) is 21.2 Å². The highest BCUT2D eigenvalue weighted by molar-refractivity contribution is 8.38. The Morgan fingerprint density at radius 3 is 1.63 bits per heavy atom. The molecule has 3 heteroatoms. The molecule has 0 spiro atoms. The summed E-state index contributed by atoms with van der Waals surface area (Å²) in [6.07, 6.45) is 19.6. The summed E-state index contributed by atoms with van der Waals surface area (Å²) < 4.78 is 0. The average Bonchev–Trinajstić information content (AvgIpc) is 2.88. The van der Waals surface area contributed by atoms with Crippen molar-refractivity contribution in [2.75, 3.05) is 38.7 Å². The highest BCUT2D eigenvalue weighted by atomic mass is 32.3. The first-order valence-electron chi connectivity index (χ1n) is 13.8. The first-order valence-corrected chi connectivity index (χ1v) is 16.3. The molecule has 0 aliphatic carbocycles. The smallest absolute Gasteiger partial charge is 0.0146 e. The molecule has 0 aromatic rings. The summed E-state index contributed by atoms with van der Waals surface area (Å²) in [7, 11) is -0.872. The van der Waals surface area contributed by atoms with Crippen molar-refractivity contribution in [1.29, 1.82) is 0 Å². The summed E-state index contributed by atoms with van der Waals surface area (Å²) in [4.78, 5) is 7.43. The number of rotatable bonds is 13. The second-order valence-electron chi connectivity index (χ2n) is 7.77. The average molecular weight is 509 g/mol. The molecule has 0 amide bonds. The van der Waals surface area contributed by atoms with E-state index in [-0.39, 0.29) is 0 Å². The molecule has 0 bridgehead atoms. The lowest BCUT2D eigenvalue weighted by Gasteiger charge is -2.33. The van der Waals surface area contributed by atoms with Crippen LogP contribution >= 0.6 is 10.0 Å². The Labute approximate surface area is 225 Å². The molecule has 208 valence electrons. The van der Waals surface area contributed by atoms with Gasteiger partial charge in [-0.15, -0.1) is 0 Å². The zero-order chi connectivity index (χ0) is 28.4. The maximum absolute atomic E-state index is 4.28. The molecule has 0 radical (unpaired) electrons. The molecule has 0 aromatic carbocycles. The van der Waals surface area contributed by atoms with E-state index in [4.69, 9.17) is 0 Å². The van der Waals surface area contributed by atoms with Gasteiger partial charge in [0.15, 0.2) is 0 Å². The third-order valence-corrected chi connectivity index (χ3v) is 9.11. The zero-order valence-corrected chi connectivity index (χ0v) is 27.2. The standard InChI is InChI=1S/C19H35NS.C9H17N.2C2H6/c1-9-17(5)21(7,8)18(6)15-13-14-16-19(10-2)20(11-3)12-4;1-5-8-9(4)10(6-2)7-3;2*1-2/h9,13,15-16H,6,10-12,14H2,1-5,7-8H3;5,8H,1,6-7H2,2-4H3;2*1-2H3/b15-13-,17-9+,19-16+;9-8+;;. The van der Waals surface area contributed by atoms with E-state index in [0.29, 0.717) is 0 Å². The van der Waals surface area contributed by atoms with Crippen LogP contribution in [0, 0.1) is 0 Å². The quantitative estimate of drug-likeness (QED) is 0.228. The van der Waals surface area contributed by atoms with Gasteiger partial charge in [-0.05, 0) is 89.7 Å². The van der Waals surface area contributed by atoms with Crippen molar-refractivity contribution < 1.29 is 0 Å². The number of hydrogen-bond donors (Lipinski definition) is 0. The van der Waals surface area contributed by atoms with Crippen molar-refractivity contribution in [3.05, 3.63) is 70.8 Å². The summed E-state index contributed by atoms with van der Waals surface area (Å²) in [5.41, 5.74) is 2.74. The van der Waals surface area contributed by atoms with Crippen LogP contribution in [0.25, 0.3) is 0 Å². The highest BCUT2D eigenvalue weighted by Crippen LogP contribution is 2.55. The number of allylic oxidation sites excluding steroid dienone is 9. The van der Waals surface area contributed by atoms with Crippen molar-refractivity contribution in [2.24, 2.45) is 0 Å². The minimum absolute atomic E-state index is 0.872. The van der Waals surface area contributed by atoms with Crippen LogP contribution in [-0.2, 0) is 0 Å². The second-order valence-corrected chi connectivity index (χ2v) is 11.6. The van der Waals surface area contributed by atoms with E-state index in [9.17, 15) is 0 Å². The van der Waals surface area contributed by atoms with Gasteiger partial charge in [-0.25, -0.2) is 0 Å². The number of hydrogen-bond acceptors (Lipinski definition) is 2. The van der Waals surface area contributed by atoms with E-state index in [1.54, 1.807) is 0 Å². The minimum atomic E-state index is -0.872. The summed E-state index contributed by atoms with van der Waals surface area (Å²) in [6.45, 7) is 37.7. The third kappa shape index (κ3) is 18.3. The Kier molecular flexibility index (Phi) is 31.3. The van der Waals surface area contributed by atoms with Crippen LogP contribution in [0.1, 0.15) is 95.9 Å². The Morgan fingerprint density at radius 1 is 0.829 bits per heavy atom. The van der Waals surface area contributed by atoms with Gasteiger partial charge in [-0.3, -0.25) is 0 Å². The maximum atomic E-state index is 4.28. The van der Waals surface area contributed by atoms with Gasteiger partial charge in [0.2, 0.25) is 0 Å². The Bertz CT molecular complexity index is 628. The van der Waals surface area contributed by atoms with E-state index in [1.807, 2.05) is 39.8 Å². The molecule has 0 saturated carbocycles. The van der Waals surface area contributed by atoms with Gasteiger partial charge in [0, 0.05) is 37.6 Å². The van der Waals surface area contributed by atoms with Crippen molar-refractivity contribution in [2.45, 2.75) is 95.9 Å². The molecule has 0 aliphatic heterocycles. The first kappa shape index (κ1) is 40.6. The molecule has 0 rings (SSSR count). The van der Waals surface area contributed by atoms with E-state index >= 15 is 0 Å². The topological polar surface area (TPSA) is 6.48 Å². The summed E-state index contributed by atoms with van der Waals surface area (Å²) in [5.74, 6) is 0. The fourth-order valence-electron chi connectivity index (χ4n) is 3.20. The summed E-state index contributed by atoms with van der Waals surface area (Å²) in [6, 6.07) is 0. The van der Waals surface area contributed by atoms with Crippen LogP contribution in [-0.4, -0.2) is 48.5 Å². The summed E-state index contributed by atoms with van der Waals surface area (Å²) in [5, 5.41) is 0. The van der Waals surface area contributed by atoms with Crippen LogP contribution in [0.15, 0.2) is 70.8 Å². The van der Waals surface area contributed by atoms with Crippen LogP contribution in [0.2, 0.25) is 0 Å². The Morgan fingerprint density at radius 2 is 1.29 bits per heavy atom. The SMILES string of the molecule is C=C(/C=C\C/C=C(\CC)N(CC)CC)S(C)(C)/C(C)=C/C.C=C/C=C(\C)N(CC)CC.CC.CC. The normalized spacial score (nSPS) is 12.3. The van der Waals surface area contributed by atoms with E-state index in [0.717, 1.165) is 39.0 Å². The molecule has 0 saturated heterocycles. The molecular formula is C32H64N2S. The lowest BCUT2D eigenvalue weighted by Crippen LogP contribution is -2.21. The van der Waals surface area contributed by atoms with E-state index < -0.39 is 10.0 Å². The molecule has 0 unspecified atom stereocenters. The molecule has 0 aromatic heterocycles. The van der Waals surface area contributed by atoms with Gasteiger partial charge in [-0.1, -0.05) is 78.2 Å².